The first-order valence-electron chi connectivity index (χ1n) is 5.01. The van der Waals surface area contributed by atoms with Gasteiger partial charge < -0.3 is 10.0 Å². The van der Waals surface area contributed by atoms with Crippen LogP contribution in [0, 0.1) is 10.1 Å². The van der Waals surface area contributed by atoms with E-state index >= 15 is 0 Å². The van der Waals surface area contributed by atoms with Crippen molar-refractivity contribution in [1.29, 1.82) is 0 Å². The average Bonchev–Trinajstić information content (AvgIpc) is 2.28. The molecule has 1 aromatic rings. The summed E-state index contributed by atoms with van der Waals surface area (Å²) in [5.41, 5.74) is 0.237. The van der Waals surface area contributed by atoms with Gasteiger partial charge in [0.25, 0.3) is 5.69 Å². The zero-order valence-electron chi connectivity index (χ0n) is 9.17. The van der Waals surface area contributed by atoms with E-state index in [1.54, 1.807) is 17.0 Å². The van der Waals surface area contributed by atoms with E-state index in [0.29, 0.717) is 12.2 Å². The maximum Gasteiger partial charge on any atom is 0.294 e. The molecule has 5 nitrogen and oxygen atoms in total. The first-order chi connectivity index (χ1) is 8.11. The molecule has 0 atom stereocenters. The Hall–Kier alpha value is -1.59. The summed E-state index contributed by atoms with van der Waals surface area (Å²) in [6.07, 6.45) is 1.60. The smallest absolute Gasteiger partial charge is 0.294 e. The Morgan fingerprint density at radius 2 is 2.29 bits per heavy atom. The number of hydrogen-bond donors (Lipinski definition) is 1. The largest absolute Gasteiger partial charge is 0.395 e. The van der Waals surface area contributed by atoms with Gasteiger partial charge in [0.1, 0.15) is 5.69 Å². The number of anilines is 1. The predicted octanol–water partition coefficient (Wildman–Crippen LogP) is 2.23. The molecule has 6 heteroatoms. The third-order valence-electron chi connectivity index (χ3n) is 2.20. The van der Waals surface area contributed by atoms with E-state index in [4.69, 9.17) is 16.7 Å². The lowest BCUT2D eigenvalue weighted by molar-refractivity contribution is -0.384. The van der Waals surface area contributed by atoms with Crippen LogP contribution in [0.1, 0.15) is 0 Å². The fraction of sp³-hybridized carbons (Fsp3) is 0.273. The van der Waals surface area contributed by atoms with Crippen LogP contribution >= 0.6 is 11.6 Å². The number of aliphatic hydroxyl groups is 1. The Balaban J connectivity index is 3.23. The molecule has 0 amide bonds. The zero-order chi connectivity index (χ0) is 12.8. The van der Waals surface area contributed by atoms with Crippen LogP contribution in [-0.2, 0) is 0 Å². The summed E-state index contributed by atoms with van der Waals surface area (Å²) in [5, 5.41) is 20.2. The van der Waals surface area contributed by atoms with Crippen molar-refractivity contribution < 1.29 is 10.0 Å². The van der Waals surface area contributed by atoms with Crippen LogP contribution in [0.5, 0.6) is 0 Å². The minimum atomic E-state index is -0.491. The third-order valence-corrected chi connectivity index (χ3v) is 2.50. The molecule has 0 heterocycles. The standard InChI is InChI=1S/C11H13ClN2O3/c1-2-6-13(7-8-15)11-9(12)4-3-5-10(11)14(16)17/h2-5,15H,1,6-8H2. The van der Waals surface area contributed by atoms with Gasteiger partial charge in [-0.05, 0) is 6.07 Å². The summed E-state index contributed by atoms with van der Waals surface area (Å²) >= 11 is 5.98. The molecule has 0 saturated heterocycles. The molecule has 0 saturated carbocycles. The number of nitro benzene ring substituents is 1. The molecule has 1 aromatic carbocycles. The Labute approximate surface area is 104 Å². The normalized spacial score (nSPS) is 10.0. The van der Waals surface area contributed by atoms with Gasteiger partial charge in [0, 0.05) is 19.2 Å². The highest BCUT2D eigenvalue weighted by atomic mass is 35.5. The van der Waals surface area contributed by atoms with Crippen molar-refractivity contribution in [3.05, 3.63) is 46.0 Å². The minimum absolute atomic E-state index is 0.0761. The summed E-state index contributed by atoms with van der Waals surface area (Å²) in [6.45, 7) is 4.10. The lowest BCUT2D eigenvalue weighted by Crippen LogP contribution is -2.27. The summed E-state index contributed by atoms with van der Waals surface area (Å²) in [7, 11) is 0. The van der Waals surface area contributed by atoms with Gasteiger partial charge in [0.15, 0.2) is 0 Å². The van der Waals surface area contributed by atoms with E-state index in [2.05, 4.69) is 6.58 Å². The predicted molar refractivity (Wildman–Crippen MR) is 67.6 cm³/mol. The highest BCUT2D eigenvalue weighted by Crippen LogP contribution is 2.35. The molecule has 1 rings (SSSR count). The fourth-order valence-corrected chi connectivity index (χ4v) is 1.82. The SMILES string of the molecule is C=CCN(CCO)c1c(Cl)cccc1[N+](=O)[O-]. The summed E-state index contributed by atoms with van der Waals surface area (Å²) in [6, 6.07) is 4.49. The summed E-state index contributed by atoms with van der Waals surface area (Å²) in [5.74, 6) is 0. The molecule has 0 aliphatic heterocycles. The van der Waals surface area contributed by atoms with Gasteiger partial charge >= 0.3 is 0 Å². The number of rotatable bonds is 6. The molecule has 0 aromatic heterocycles. The first-order valence-corrected chi connectivity index (χ1v) is 5.39. The molecule has 0 aliphatic rings. The van der Waals surface area contributed by atoms with Crippen molar-refractivity contribution in [1.82, 2.24) is 0 Å². The van der Waals surface area contributed by atoms with Crippen LogP contribution in [0.15, 0.2) is 30.9 Å². The molecule has 0 unspecified atom stereocenters. The Bertz CT molecular complexity index is 423. The van der Waals surface area contributed by atoms with E-state index in [1.807, 2.05) is 0 Å². The summed E-state index contributed by atoms with van der Waals surface area (Å²) < 4.78 is 0. The van der Waals surface area contributed by atoms with E-state index < -0.39 is 4.92 Å². The Kier molecular flexibility index (Phi) is 4.93. The quantitative estimate of drug-likeness (QED) is 0.482. The number of nitro groups is 1. The fourth-order valence-electron chi connectivity index (χ4n) is 1.54. The second-order valence-electron chi connectivity index (χ2n) is 3.32. The van der Waals surface area contributed by atoms with Crippen LogP contribution in [0.4, 0.5) is 11.4 Å². The number of benzene rings is 1. The highest BCUT2D eigenvalue weighted by molar-refractivity contribution is 6.33. The van der Waals surface area contributed by atoms with Gasteiger partial charge in [-0.2, -0.15) is 0 Å². The van der Waals surface area contributed by atoms with Crippen LogP contribution in [-0.4, -0.2) is 29.7 Å². The van der Waals surface area contributed by atoms with Crippen molar-refractivity contribution in [2.45, 2.75) is 0 Å². The van der Waals surface area contributed by atoms with Gasteiger partial charge in [0.2, 0.25) is 0 Å². The highest BCUT2D eigenvalue weighted by Gasteiger charge is 2.21. The van der Waals surface area contributed by atoms with Crippen LogP contribution in [0.3, 0.4) is 0 Å². The molecule has 92 valence electrons. The summed E-state index contributed by atoms with van der Waals surface area (Å²) in [4.78, 5) is 12.0. The van der Waals surface area contributed by atoms with E-state index in [9.17, 15) is 10.1 Å². The van der Waals surface area contributed by atoms with Gasteiger partial charge in [-0.3, -0.25) is 10.1 Å². The molecular weight excluding hydrogens is 244 g/mol. The van der Waals surface area contributed by atoms with Gasteiger partial charge in [-0.15, -0.1) is 6.58 Å². The number of nitrogens with zero attached hydrogens (tertiary/aromatic N) is 2. The van der Waals surface area contributed by atoms with Gasteiger partial charge in [0.05, 0.1) is 16.6 Å². The molecule has 0 aliphatic carbocycles. The molecule has 0 bridgehead atoms. The van der Waals surface area contributed by atoms with Crippen LogP contribution in [0.2, 0.25) is 5.02 Å². The number of para-hydroxylation sites is 1. The van der Waals surface area contributed by atoms with E-state index in [0.717, 1.165) is 0 Å². The lowest BCUT2D eigenvalue weighted by Gasteiger charge is -2.22. The molecule has 0 radical (unpaired) electrons. The maximum absolute atomic E-state index is 10.9. The van der Waals surface area contributed by atoms with Crippen molar-refractivity contribution in [3.8, 4) is 0 Å². The monoisotopic (exact) mass is 256 g/mol. The first kappa shape index (κ1) is 13.5. The van der Waals surface area contributed by atoms with Crippen molar-refractivity contribution >= 4 is 23.0 Å². The second-order valence-corrected chi connectivity index (χ2v) is 3.73. The van der Waals surface area contributed by atoms with Crippen LogP contribution < -0.4 is 4.90 Å². The molecule has 1 N–H and O–H groups in total. The van der Waals surface area contributed by atoms with Gasteiger partial charge in [-0.1, -0.05) is 23.7 Å². The topological polar surface area (TPSA) is 66.6 Å². The minimum Gasteiger partial charge on any atom is -0.395 e. The molecular formula is C11H13ClN2O3. The zero-order valence-corrected chi connectivity index (χ0v) is 9.93. The third kappa shape index (κ3) is 3.18. The molecule has 0 spiro atoms. The number of halogens is 1. The van der Waals surface area contributed by atoms with Crippen LogP contribution in [0.25, 0.3) is 0 Å². The second kappa shape index (κ2) is 6.22. The maximum atomic E-state index is 10.9. The van der Waals surface area contributed by atoms with Crippen molar-refractivity contribution in [2.24, 2.45) is 0 Å². The van der Waals surface area contributed by atoms with E-state index in [-0.39, 0.29) is 23.9 Å². The molecule has 0 fully saturated rings. The Morgan fingerprint density at radius 1 is 1.59 bits per heavy atom. The molecule has 17 heavy (non-hydrogen) atoms. The van der Waals surface area contributed by atoms with Crippen molar-refractivity contribution in [3.63, 3.8) is 0 Å². The average molecular weight is 257 g/mol. The van der Waals surface area contributed by atoms with Crippen molar-refractivity contribution in [2.75, 3.05) is 24.6 Å². The van der Waals surface area contributed by atoms with E-state index in [1.165, 1.54) is 12.1 Å². The number of aliphatic hydroxyl groups excluding tert-OH is 1. The Morgan fingerprint density at radius 3 is 2.82 bits per heavy atom. The van der Waals surface area contributed by atoms with Gasteiger partial charge in [-0.25, -0.2) is 0 Å². The number of hydrogen-bond acceptors (Lipinski definition) is 4. The lowest BCUT2D eigenvalue weighted by atomic mass is 10.2.